The summed E-state index contributed by atoms with van der Waals surface area (Å²) in [7, 11) is 2.89. The quantitative estimate of drug-likeness (QED) is 0.407. The summed E-state index contributed by atoms with van der Waals surface area (Å²) < 4.78 is 12.1. The second kappa shape index (κ2) is 7.04. The lowest BCUT2D eigenvalue weighted by Crippen LogP contribution is -2.08. The smallest absolute Gasteiger partial charge is 0.341 e. The van der Waals surface area contributed by atoms with Crippen molar-refractivity contribution in [2.24, 2.45) is 0 Å². The Balaban J connectivity index is 2.03. The number of nitrogens with zero attached hydrogens (tertiary/aromatic N) is 1. The molecule has 0 saturated carbocycles. The summed E-state index contributed by atoms with van der Waals surface area (Å²) in [4.78, 5) is 12.1. The molecular weight excluding hydrogens is 302 g/mol. The maximum atomic E-state index is 12.1. The summed E-state index contributed by atoms with van der Waals surface area (Å²) in [5, 5.41) is 1.19. The minimum absolute atomic E-state index is 0.409. The standard InChI is InChI=1S/C20H19NO3/c1-23-14-18(20(22)24-2)17-9-5-3-8-16(17)13-21-12-11-15-7-4-6-10-19(15)21/h3-12,14H,13H2,1-2H3. The molecule has 0 radical (unpaired) electrons. The molecule has 0 fully saturated rings. The molecule has 0 aliphatic rings. The Hall–Kier alpha value is -3.01. The molecule has 3 rings (SSSR count). The van der Waals surface area contributed by atoms with Gasteiger partial charge in [0, 0.05) is 18.3 Å². The largest absolute Gasteiger partial charge is 0.503 e. The van der Waals surface area contributed by atoms with E-state index in [0.29, 0.717) is 12.1 Å². The van der Waals surface area contributed by atoms with Crippen LogP contribution in [0.5, 0.6) is 0 Å². The molecule has 3 aromatic rings. The summed E-state index contributed by atoms with van der Waals surface area (Å²) in [5.74, 6) is -0.415. The Morgan fingerprint density at radius 3 is 2.58 bits per heavy atom. The third-order valence-electron chi connectivity index (χ3n) is 3.97. The van der Waals surface area contributed by atoms with Gasteiger partial charge in [-0.3, -0.25) is 0 Å². The predicted molar refractivity (Wildman–Crippen MR) is 94.5 cm³/mol. The van der Waals surface area contributed by atoms with Crippen molar-refractivity contribution in [3.8, 4) is 0 Å². The Morgan fingerprint density at radius 1 is 1.04 bits per heavy atom. The SMILES string of the molecule is COC=C(C(=O)OC)c1ccccc1Cn1ccc2ccccc21. The molecule has 122 valence electrons. The van der Waals surface area contributed by atoms with E-state index in [1.807, 2.05) is 36.4 Å². The minimum atomic E-state index is -0.415. The number of carbonyl (C=O) groups excluding carboxylic acids is 1. The molecule has 0 atom stereocenters. The summed E-state index contributed by atoms with van der Waals surface area (Å²) >= 11 is 0. The molecule has 0 spiro atoms. The Bertz CT molecular complexity index is 893. The lowest BCUT2D eigenvalue weighted by molar-refractivity contribution is -0.133. The van der Waals surface area contributed by atoms with E-state index in [4.69, 9.17) is 9.47 Å². The first kappa shape index (κ1) is 15.9. The molecule has 4 nitrogen and oxygen atoms in total. The third-order valence-corrected chi connectivity index (χ3v) is 3.97. The fourth-order valence-electron chi connectivity index (χ4n) is 2.83. The second-order valence-corrected chi connectivity index (χ2v) is 5.42. The van der Waals surface area contributed by atoms with E-state index in [1.165, 1.54) is 25.9 Å². The molecule has 0 bridgehead atoms. The van der Waals surface area contributed by atoms with Crippen LogP contribution in [0.15, 0.2) is 67.1 Å². The van der Waals surface area contributed by atoms with Crippen molar-refractivity contribution >= 4 is 22.4 Å². The van der Waals surface area contributed by atoms with Crippen LogP contribution in [0.1, 0.15) is 11.1 Å². The van der Waals surface area contributed by atoms with Gasteiger partial charge in [0.15, 0.2) is 0 Å². The number of esters is 1. The highest BCUT2D eigenvalue weighted by molar-refractivity contribution is 6.16. The monoisotopic (exact) mass is 321 g/mol. The zero-order chi connectivity index (χ0) is 16.9. The van der Waals surface area contributed by atoms with Crippen LogP contribution in [0.25, 0.3) is 16.5 Å². The first-order chi connectivity index (χ1) is 11.7. The molecule has 4 heteroatoms. The number of para-hydroxylation sites is 1. The molecule has 1 heterocycles. The third kappa shape index (κ3) is 3.04. The van der Waals surface area contributed by atoms with Crippen LogP contribution in [0.3, 0.4) is 0 Å². The number of fused-ring (bicyclic) bond motifs is 1. The molecule has 0 unspecified atom stereocenters. The minimum Gasteiger partial charge on any atom is -0.503 e. The van der Waals surface area contributed by atoms with Crippen LogP contribution in [0, 0.1) is 0 Å². The van der Waals surface area contributed by atoms with Crippen LogP contribution in [-0.4, -0.2) is 24.8 Å². The van der Waals surface area contributed by atoms with E-state index >= 15 is 0 Å². The zero-order valence-corrected chi connectivity index (χ0v) is 13.7. The zero-order valence-electron chi connectivity index (χ0n) is 13.7. The number of carbonyl (C=O) groups is 1. The molecule has 1 aromatic heterocycles. The number of ether oxygens (including phenoxy) is 2. The molecule has 0 amide bonds. The van der Waals surface area contributed by atoms with Gasteiger partial charge in [0.05, 0.1) is 20.5 Å². The van der Waals surface area contributed by atoms with Crippen LogP contribution in [0.2, 0.25) is 0 Å². The van der Waals surface area contributed by atoms with E-state index in [0.717, 1.165) is 16.6 Å². The average Bonchev–Trinajstić information content (AvgIpc) is 3.03. The number of hydrogen-bond donors (Lipinski definition) is 0. The van der Waals surface area contributed by atoms with Gasteiger partial charge in [0.1, 0.15) is 5.57 Å². The van der Waals surface area contributed by atoms with Gasteiger partial charge >= 0.3 is 5.97 Å². The van der Waals surface area contributed by atoms with Crippen LogP contribution in [-0.2, 0) is 20.8 Å². The van der Waals surface area contributed by atoms with Crippen molar-refractivity contribution in [2.75, 3.05) is 14.2 Å². The number of aromatic nitrogens is 1. The highest BCUT2D eigenvalue weighted by atomic mass is 16.5. The lowest BCUT2D eigenvalue weighted by atomic mass is 10.0. The van der Waals surface area contributed by atoms with Crippen LogP contribution < -0.4 is 0 Å². The van der Waals surface area contributed by atoms with Crippen molar-refractivity contribution in [1.82, 2.24) is 4.57 Å². The first-order valence-electron chi connectivity index (χ1n) is 7.68. The number of benzene rings is 2. The van der Waals surface area contributed by atoms with Gasteiger partial charge in [-0.15, -0.1) is 0 Å². The van der Waals surface area contributed by atoms with Gasteiger partial charge in [-0.1, -0.05) is 42.5 Å². The van der Waals surface area contributed by atoms with E-state index in [1.54, 1.807) is 0 Å². The Morgan fingerprint density at radius 2 is 1.79 bits per heavy atom. The molecular formula is C20H19NO3. The fourth-order valence-corrected chi connectivity index (χ4v) is 2.83. The first-order valence-corrected chi connectivity index (χ1v) is 7.68. The van der Waals surface area contributed by atoms with Crippen LogP contribution in [0.4, 0.5) is 0 Å². The second-order valence-electron chi connectivity index (χ2n) is 5.42. The maximum Gasteiger partial charge on any atom is 0.341 e. The van der Waals surface area contributed by atoms with Gasteiger partial charge in [0.25, 0.3) is 0 Å². The maximum absolute atomic E-state index is 12.1. The van der Waals surface area contributed by atoms with E-state index < -0.39 is 5.97 Å². The normalized spacial score (nSPS) is 11.5. The van der Waals surface area contributed by atoms with E-state index in [2.05, 4.69) is 29.0 Å². The van der Waals surface area contributed by atoms with Gasteiger partial charge in [-0.25, -0.2) is 4.79 Å². The van der Waals surface area contributed by atoms with Gasteiger partial charge < -0.3 is 14.0 Å². The van der Waals surface area contributed by atoms with Gasteiger partial charge in [-0.05, 0) is 28.6 Å². The van der Waals surface area contributed by atoms with Crippen molar-refractivity contribution in [3.63, 3.8) is 0 Å². The predicted octanol–water partition coefficient (Wildman–Crippen LogP) is 3.85. The molecule has 24 heavy (non-hydrogen) atoms. The van der Waals surface area contributed by atoms with Crippen molar-refractivity contribution in [2.45, 2.75) is 6.54 Å². The summed E-state index contributed by atoms with van der Waals surface area (Å²) in [6.07, 6.45) is 3.48. The molecule has 0 saturated heterocycles. The van der Waals surface area contributed by atoms with Crippen LogP contribution >= 0.6 is 0 Å². The van der Waals surface area contributed by atoms with Crippen molar-refractivity contribution in [1.29, 1.82) is 0 Å². The molecule has 0 aliphatic carbocycles. The van der Waals surface area contributed by atoms with Gasteiger partial charge in [-0.2, -0.15) is 0 Å². The number of hydrogen-bond acceptors (Lipinski definition) is 3. The molecule has 2 aromatic carbocycles. The number of methoxy groups -OCH3 is 2. The summed E-state index contributed by atoms with van der Waals surface area (Å²) in [6.45, 7) is 0.654. The van der Waals surface area contributed by atoms with E-state index in [-0.39, 0.29) is 0 Å². The molecule has 0 aliphatic heterocycles. The average molecular weight is 321 g/mol. The summed E-state index contributed by atoms with van der Waals surface area (Å²) in [6, 6.07) is 18.1. The topological polar surface area (TPSA) is 40.5 Å². The highest BCUT2D eigenvalue weighted by Crippen LogP contribution is 2.24. The van der Waals surface area contributed by atoms with Crippen molar-refractivity contribution < 1.29 is 14.3 Å². The summed E-state index contributed by atoms with van der Waals surface area (Å²) in [5.41, 5.74) is 3.39. The highest BCUT2D eigenvalue weighted by Gasteiger charge is 2.17. The number of rotatable bonds is 5. The van der Waals surface area contributed by atoms with Crippen molar-refractivity contribution in [3.05, 3.63) is 78.2 Å². The van der Waals surface area contributed by atoms with Gasteiger partial charge in [0.2, 0.25) is 0 Å². The van der Waals surface area contributed by atoms with E-state index in [9.17, 15) is 4.79 Å². The lowest BCUT2D eigenvalue weighted by Gasteiger charge is -2.13. The Kier molecular flexibility index (Phi) is 4.66. The fraction of sp³-hybridized carbons (Fsp3) is 0.150. The molecule has 0 N–H and O–H groups in total. The Labute approximate surface area is 140 Å².